The minimum atomic E-state index is -0.0239. The first-order valence-corrected chi connectivity index (χ1v) is 13.1. The predicted octanol–water partition coefficient (Wildman–Crippen LogP) is 6.29. The van der Waals surface area contributed by atoms with Gasteiger partial charge in [0.2, 0.25) is 0 Å². The highest BCUT2D eigenvalue weighted by Gasteiger charge is 2.26. The zero-order chi connectivity index (χ0) is 25.8. The third-order valence-corrected chi connectivity index (χ3v) is 7.00. The number of benzene rings is 2. The Hall–Kier alpha value is -3.41. The van der Waals surface area contributed by atoms with Crippen LogP contribution in [-0.4, -0.2) is 47.1 Å². The zero-order valence-electron chi connectivity index (χ0n) is 22.5. The lowest BCUT2D eigenvalue weighted by atomic mass is 9.93. The molecule has 1 aliphatic rings. The van der Waals surface area contributed by atoms with Crippen LogP contribution in [0.1, 0.15) is 73.3 Å². The van der Waals surface area contributed by atoms with E-state index in [0.29, 0.717) is 24.9 Å². The third-order valence-electron chi connectivity index (χ3n) is 7.00. The van der Waals surface area contributed by atoms with Crippen LogP contribution >= 0.6 is 0 Å². The van der Waals surface area contributed by atoms with Gasteiger partial charge in [-0.2, -0.15) is 0 Å². The Labute approximate surface area is 215 Å². The molecule has 0 radical (unpaired) electrons. The van der Waals surface area contributed by atoms with Gasteiger partial charge in [-0.25, -0.2) is 14.8 Å². The monoisotopic (exact) mass is 485 g/mol. The lowest BCUT2D eigenvalue weighted by molar-refractivity contribution is 0.208. The fraction of sp³-hybridized carbons (Fsp3) is 0.433. The van der Waals surface area contributed by atoms with Gasteiger partial charge in [0.05, 0.1) is 0 Å². The van der Waals surface area contributed by atoms with E-state index in [2.05, 4.69) is 92.3 Å². The van der Waals surface area contributed by atoms with Crippen molar-refractivity contribution in [2.45, 2.75) is 59.8 Å². The first-order valence-electron chi connectivity index (χ1n) is 13.1. The van der Waals surface area contributed by atoms with Gasteiger partial charge in [0.25, 0.3) is 0 Å². The van der Waals surface area contributed by atoms with Gasteiger partial charge in [-0.05, 0) is 42.4 Å². The van der Waals surface area contributed by atoms with Gasteiger partial charge in [0.1, 0.15) is 11.6 Å². The number of anilines is 2. The number of para-hydroxylation sites is 1. The molecule has 0 spiro atoms. The maximum Gasteiger partial charge on any atom is 0.321 e. The van der Waals surface area contributed by atoms with Crippen LogP contribution in [0.5, 0.6) is 0 Å². The number of hydrogen-bond donors (Lipinski definition) is 1. The molecule has 0 atom stereocenters. The number of aromatic nitrogens is 2. The molecule has 3 aromatic rings. The zero-order valence-corrected chi connectivity index (χ0v) is 22.5. The first-order chi connectivity index (χ1) is 17.2. The Bertz CT molecular complexity index is 1170. The summed E-state index contributed by atoms with van der Waals surface area (Å²) in [7, 11) is 0. The van der Waals surface area contributed by atoms with Crippen LogP contribution in [-0.2, 0) is 6.42 Å². The molecule has 2 aromatic carbocycles. The summed E-state index contributed by atoms with van der Waals surface area (Å²) in [5, 5.41) is 3.27. The number of nitrogens with zero attached hydrogens (tertiary/aromatic N) is 4. The summed E-state index contributed by atoms with van der Waals surface area (Å²) in [6.07, 6.45) is 0.799. The quantitative estimate of drug-likeness (QED) is 0.446. The van der Waals surface area contributed by atoms with Gasteiger partial charge >= 0.3 is 6.03 Å². The number of amides is 2. The number of aryl methyl sites for hydroxylation is 2. The van der Waals surface area contributed by atoms with E-state index in [1.807, 2.05) is 17.9 Å². The number of nitrogens with one attached hydrogen (secondary N) is 1. The van der Waals surface area contributed by atoms with E-state index in [1.54, 1.807) is 0 Å². The molecular formula is C30H39N5O. The van der Waals surface area contributed by atoms with Crippen molar-refractivity contribution in [3.8, 4) is 0 Å². The summed E-state index contributed by atoms with van der Waals surface area (Å²) in [6.45, 7) is 15.5. The van der Waals surface area contributed by atoms with Crippen LogP contribution in [0.2, 0.25) is 0 Å². The SMILES string of the molecule is Cc1nc(C)c(Cc2ccccc2)c(N2CCN(C(=O)Nc3c(C(C)C)cccc3C(C)C)CC2)n1. The Balaban J connectivity index is 1.50. The standard InChI is InChI=1S/C30H39N5O/c1-20(2)25-13-10-14-26(21(3)4)28(25)33-30(36)35-17-15-34(16-18-35)29-27(22(5)31-23(6)32-29)19-24-11-8-7-9-12-24/h7-14,20-21H,15-19H2,1-6H3,(H,33,36). The van der Waals surface area contributed by atoms with E-state index >= 15 is 0 Å². The van der Waals surface area contributed by atoms with Gasteiger partial charge < -0.3 is 15.1 Å². The van der Waals surface area contributed by atoms with Crippen molar-refractivity contribution in [1.82, 2.24) is 14.9 Å². The summed E-state index contributed by atoms with van der Waals surface area (Å²) in [5.41, 5.74) is 6.78. The molecule has 1 aromatic heterocycles. The van der Waals surface area contributed by atoms with E-state index in [0.717, 1.165) is 48.1 Å². The topological polar surface area (TPSA) is 61.4 Å². The van der Waals surface area contributed by atoms with E-state index in [4.69, 9.17) is 4.98 Å². The molecule has 6 nitrogen and oxygen atoms in total. The molecule has 1 saturated heterocycles. The predicted molar refractivity (Wildman–Crippen MR) is 148 cm³/mol. The summed E-state index contributed by atoms with van der Waals surface area (Å²) in [4.78, 5) is 27.1. The highest BCUT2D eigenvalue weighted by atomic mass is 16.2. The van der Waals surface area contributed by atoms with Crippen LogP contribution in [0, 0.1) is 13.8 Å². The van der Waals surface area contributed by atoms with Crippen LogP contribution in [0.25, 0.3) is 0 Å². The second-order valence-corrected chi connectivity index (χ2v) is 10.3. The molecule has 0 unspecified atom stereocenters. The normalized spacial score (nSPS) is 14.0. The first kappa shape index (κ1) is 25.7. The van der Waals surface area contributed by atoms with Crippen molar-refractivity contribution in [3.05, 3.63) is 82.3 Å². The average Bonchev–Trinajstić information content (AvgIpc) is 2.86. The average molecular weight is 486 g/mol. The van der Waals surface area contributed by atoms with Crippen LogP contribution in [0.4, 0.5) is 16.3 Å². The number of hydrogen-bond acceptors (Lipinski definition) is 4. The Morgan fingerprint density at radius 2 is 1.47 bits per heavy atom. The Morgan fingerprint density at radius 3 is 2.06 bits per heavy atom. The molecule has 2 heterocycles. The molecule has 1 aliphatic heterocycles. The van der Waals surface area contributed by atoms with E-state index < -0.39 is 0 Å². The molecule has 190 valence electrons. The summed E-state index contributed by atoms with van der Waals surface area (Å²) >= 11 is 0. The van der Waals surface area contributed by atoms with Crippen LogP contribution in [0.3, 0.4) is 0 Å². The minimum Gasteiger partial charge on any atom is -0.353 e. The largest absolute Gasteiger partial charge is 0.353 e. The van der Waals surface area contributed by atoms with Crippen molar-refractivity contribution >= 4 is 17.5 Å². The Kier molecular flexibility index (Phi) is 7.92. The summed E-state index contributed by atoms with van der Waals surface area (Å²) in [5.74, 6) is 2.45. The molecule has 1 N–H and O–H groups in total. The van der Waals surface area contributed by atoms with E-state index in [9.17, 15) is 4.79 Å². The van der Waals surface area contributed by atoms with Gasteiger partial charge in [0.15, 0.2) is 0 Å². The molecule has 2 amide bonds. The lowest BCUT2D eigenvalue weighted by Crippen LogP contribution is -2.50. The highest BCUT2D eigenvalue weighted by molar-refractivity contribution is 5.91. The van der Waals surface area contributed by atoms with Crippen LogP contribution in [0.15, 0.2) is 48.5 Å². The fourth-order valence-corrected chi connectivity index (χ4v) is 4.99. The molecule has 1 fully saturated rings. The van der Waals surface area contributed by atoms with Crippen molar-refractivity contribution in [2.24, 2.45) is 0 Å². The van der Waals surface area contributed by atoms with Gasteiger partial charge in [-0.15, -0.1) is 0 Å². The van der Waals surface area contributed by atoms with Crippen molar-refractivity contribution in [3.63, 3.8) is 0 Å². The number of piperazine rings is 1. The number of carbonyl (C=O) groups excluding carboxylic acids is 1. The van der Waals surface area contributed by atoms with Crippen molar-refractivity contribution in [1.29, 1.82) is 0 Å². The third kappa shape index (κ3) is 5.69. The van der Waals surface area contributed by atoms with Gasteiger partial charge in [-0.1, -0.05) is 76.2 Å². The number of urea groups is 1. The minimum absolute atomic E-state index is 0.0239. The number of carbonyl (C=O) groups is 1. The number of rotatable bonds is 6. The molecule has 6 heteroatoms. The molecule has 0 saturated carbocycles. The van der Waals surface area contributed by atoms with Crippen LogP contribution < -0.4 is 10.2 Å². The fourth-order valence-electron chi connectivity index (χ4n) is 4.99. The highest BCUT2D eigenvalue weighted by Crippen LogP contribution is 2.33. The van der Waals surface area contributed by atoms with Gasteiger partial charge in [0, 0.05) is 49.5 Å². The Morgan fingerprint density at radius 1 is 0.861 bits per heavy atom. The molecule has 4 rings (SSSR count). The van der Waals surface area contributed by atoms with E-state index in [1.165, 1.54) is 16.7 Å². The molecule has 36 heavy (non-hydrogen) atoms. The molecule has 0 aliphatic carbocycles. The molecule has 0 bridgehead atoms. The van der Waals surface area contributed by atoms with Crippen molar-refractivity contribution in [2.75, 3.05) is 36.4 Å². The summed E-state index contributed by atoms with van der Waals surface area (Å²) in [6, 6.07) is 16.8. The second-order valence-electron chi connectivity index (χ2n) is 10.3. The maximum atomic E-state index is 13.3. The summed E-state index contributed by atoms with van der Waals surface area (Å²) < 4.78 is 0. The van der Waals surface area contributed by atoms with Crippen molar-refractivity contribution < 1.29 is 4.79 Å². The van der Waals surface area contributed by atoms with E-state index in [-0.39, 0.29) is 6.03 Å². The smallest absolute Gasteiger partial charge is 0.321 e. The maximum absolute atomic E-state index is 13.3. The second kappa shape index (κ2) is 11.1. The molecular weight excluding hydrogens is 446 g/mol. The van der Waals surface area contributed by atoms with Gasteiger partial charge in [-0.3, -0.25) is 0 Å². The lowest BCUT2D eigenvalue weighted by Gasteiger charge is -2.37.